The molecule has 25 aromatic rings. The van der Waals surface area contributed by atoms with Crippen LogP contribution in [0.4, 0.5) is 0 Å². The maximum absolute atomic E-state index is 5.06. The fourth-order valence-corrected chi connectivity index (χ4v) is 22.6. The first kappa shape index (κ1) is 86.0. The highest BCUT2D eigenvalue weighted by Gasteiger charge is 2.41. The first-order valence-corrected chi connectivity index (χ1v) is 49.2. The molecule has 0 saturated carbocycles. The van der Waals surface area contributed by atoms with E-state index in [-0.39, 0.29) is 16.2 Å². The van der Waals surface area contributed by atoms with Crippen LogP contribution in [0.15, 0.2) is 461 Å². The SMILES string of the molecule is CC1(C)c2ccccc2-c2c1ccc1c2c2ccc(-c3ccccc3)cc2n1-c1cccc(-c2nc(-c3ccccc3)nc(-c3ccccc3)n2)c1.CC1(C)c2ccccc2-c2c1ccc1c2c2ccccc2n1-c1ccc(-c2nc(-c3ccccc3)nc(-c3ccccc3)n2)cc1.CC1(C)c2ccccc2-c2c1ccc1c2c2ccccc2n1-c1cccc(-c2nc(-c3ccccc3)nc(-c3ccccc3)n2)c1. The van der Waals surface area contributed by atoms with E-state index in [0.717, 1.165) is 72.6 Å². The molecular formula is C132H94N12. The van der Waals surface area contributed by atoms with Gasteiger partial charge in [-0.2, -0.15) is 0 Å². The van der Waals surface area contributed by atoms with Gasteiger partial charge in [0.1, 0.15) is 0 Å². The van der Waals surface area contributed by atoms with Gasteiger partial charge in [0.05, 0.1) is 33.1 Å². The van der Waals surface area contributed by atoms with Gasteiger partial charge in [-0.15, -0.1) is 0 Å². The van der Waals surface area contributed by atoms with E-state index in [2.05, 4.69) is 334 Å². The Labute approximate surface area is 834 Å². The van der Waals surface area contributed by atoms with Crippen LogP contribution < -0.4 is 0 Å². The van der Waals surface area contributed by atoms with Gasteiger partial charge in [0.2, 0.25) is 0 Å². The zero-order valence-electron chi connectivity index (χ0n) is 80.2. The number of fused-ring (bicyclic) bond motifs is 21. The lowest BCUT2D eigenvalue weighted by Crippen LogP contribution is -2.14. The summed E-state index contributed by atoms with van der Waals surface area (Å²) >= 11 is 0. The minimum atomic E-state index is -0.0932. The molecule has 0 atom stereocenters. The predicted octanol–water partition coefficient (Wildman–Crippen LogP) is 32.5. The van der Waals surface area contributed by atoms with Crippen LogP contribution >= 0.6 is 0 Å². The highest BCUT2D eigenvalue weighted by molar-refractivity contribution is 6.21. The minimum absolute atomic E-state index is 0.0489. The highest BCUT2D eigenvalue weighted by atomic mass is 15.1. The van der Waals surface area contributed by atoms with Crippen molar-refractivity contribution in [2.24, 2.45) is 0 Å². The van der Waals surface area contributed by atoms with Gasteiger partial charge in [0, 0.05) is 116 Å². The van der Waals surface area contributed by atoms with Crippen LogP contribution in [0, 0.1) is 0 Å². The average molecular weight is 1850 g/mol. The smallest absolute Gasteiger partial charge is 0.164 e. The molecule has 0 aliphatic heterocycles. The first-order valence-electron chi connectivity index (χ1n) is 49.2. The second kappa shape index (κ2) is 34.6. The van der Waals surface area contributed by atoms with Gasteiger partial charge in [-0.3, -0.25) is 0 Å². The van der Waals surface area contributed by atoms with E-state index in [1.165, 1.54) is 138 Å². The lowest BCUT2D eigenvalue weighted by Gasteiger charge is -2.21. The van der Waals surface area contributed by atoms with Crippen LogP contribution in [0.25, 0.3) is 229 Å². The minimum Gasteiger partial charge on any atom is -0.309 e. The topological polar surface area (TPSA) is 131 Å². The largest absolute Gasteiger partial charge is 0.309 e. The van der Waals surface area contributed by atoms with Crippen molar-refractivity contribution < 1.29 is 0 Å². The summed E-state index contributed by atoms with van der Waals surface area (Å²) in [5.74, 6) is 5.86. The molecule has 28 rings (SSSR count). The van der Waals surface area contributed by atoms with Crippen LogP contribution in [0.3, 0.4) is 0 Å². The summed E-state index contributed by atoms with van der Waals surface area (Å²) in [5, 5.41) is 7.66. The lowest BCUT2D eigenvalue weighted by atomic mass is 9.82. The summed E-state index contributed by atoms with van der Waals surface area (Å²) in [6.07, 6.45) is 0. The Morgan fingerprint density at radius 3 is 0.722 bits per heavy atom. The molecule has 0 spiro atoms. The second-order valence-electron chi connectivity index (χ2n) is 39.1. The van der Waals surface area contributed by atoms with Crippen LogP contribution in [-0.2, 0) is 16.2 Å². The van der Waals surface area contributed by atoms with Gasteiger partial charge in [-0.25, -0.2) is 44.9 Å². The normalized spacial score (nSPS) is 13.1. The van der Waals surface area contributed by atoms with E-state index < -0.39 is 0 Å². The molecule has 0 bridgehead atoms. The molecule has 144 heavy (non-hydrogen) atoms. The van der Waals surface area contributed by atoms with Crippen LogP contribution in [0.2, 0.25) is 0 Å². The molecule has 0 fully saturated rings. The van der Waals surface area contributed by atoms with Gasteiger partial charge in [0.25, 0.3) is 0 Å². The third kappa shape index (κ3) is 14.4. The predicted molar refractivity (Wildman–Crippen MR) is 590 cm³/mol. The summed E-state index contributed by atoms with van der Waals surface area (Å²) in [6, 6.07) is 162. The summed E-state index contributed by atoms with van der Waals surface area (Å²) in [5.41, 5.74) is 37.4. The molecule has 3 aliphatic carbocycles. The van der Waals surface area contributed by atoms with E-state index in [1.54, 1.807) is 0 Å². The molecule has 0 radical (unpaired) electrons. The Hall–Kier alpha value is -18.4. The van der Waals surface area contributed by atoms with Crippen molar-refractivity contribution in [3.63, 3.8) is 0 Å². The van der Waals surface area contributed by atoms with Crippen molar-refractivity contribution in [3.8, 4) is 164 Å². The van der Waals surface area contributed by atoms with E-state index >= 15 is 0 Å². The second-order valence-corrected chi connectivity index (χ2v) is 39.1. The van der Waals surface area contributed by atoms with Crippen LogP contribution in [0.1, 0.15) is 74.9 Å². The number of para-hydroxylation sites is 2. The summed E-state index contributed by atoms with van der Waals surface area (Å²) in [4.78, 5) is 44.7. The molecule has 0 saturated heterocycles. The van der Waals surface area contributed by atoms with Crippen molar-refractivity contribution in [1.82, 2.24) is 58.6 Å². The third-order valence-electron chi connectivity index (χ3n) is 29.6. The summed E-state index contributed by atoms with van der Waals surface area (Å²) in [6.45, 7) is 14.1. The third-order valence-corrected chi connectivity index (χ3v) is 29.6. The van der Waals surface area contributed by atoms with Crippen molar-refractivity contribution in [1.29, 1.82) is 0 Å². The summed E-state index contributed by atoms with van der Waals surface area (Å²) in [7, 11) is 0. The maximum atomic E-state index is 5.06. The molecule has 12 nitrogen and oxygen atoms in total. The molecule has 12 heteroatoms. The fraction of sp³-hybridized carbons (Fsp3) is 0.0682. The fourth-order valence-electron chi connectivity index (χ4n) is 22.6. The van der Waals surface area contributed by atoms with Crippen molar-refractivity contribution in [2.45, 2.75) is 57.8 Å². The van der Waals surface area contributed by atoms with Gasteiger partial charge < -0.3 is 13.7 Å². The Morgan fingerprint density at radius 1 is 0.153 bits per heavy atom. The average Bonchev–Trinajstić information content (AvgIpc) is 1.54. The van der Waals surface area contributed by atoms with Gasteiger partial charge in [0.15, 0.2) is 52.4 Å². The van der Waals surface area contributed by atoms with Gasteiger partial charge in [-0.1, -0.05) is 418 Å². The number of aromatic nitrogens is 12. The Balaban J connectivity index is 0.000000110. The zero-order chi connectivity index (χ0) is 96.5. The molecule has 0 unspecified atom stereocenters. The van der Waals surface area contributed by atoms with E-state index in [4.69, 9.17) is 44.9 Å². The van der Waals surface area contributed by atoms with Crippen molar-refractivity contribution in [3.05, 3.63) is 494 Å². The van der Waals surface area contributed by atoms with E-state index in [9.17, 15) is 0 Å². The monoisotopic (exact) mass is 1850 g/mol. The molecular weight excluding hydrogens is 1750 g/mol. The summed E-state index contributed by atoms with van der Waals surface area (Å²) < 4.78 is 7.20. The van der Waals surface area contributed by atoms with Gasteiger partial charge in [-0.05, 0) is 163 Å². The Morgan fingerprint density at radius 2 is 0.396 bits per heavy atom. The zero-order valence-corrected chi connectivity index (χ0v) is 80.2. The molecule has 6 heterocycles. The van der Waals surface area contributed by atoms with Gasteiger partial charge >= 0.3 is 0 Å². The standard InChI is InChI=1S/C48H34N4.2C42H30N4/c1-48(2)39-24-13-12-23-37(39)43-40(48)27-28-41-44(43)38-26-25-34(31-15-6-3-7-16-31)30-42(38)52(41)36-22-14-21-35(29-36)47-50-45(32-17-8-4-9-18-32)49-46(51-47)33-19-10-5-11-20-33;1-42(2)33-22-11-9-20-31(33)37-34(42)24-25-36-38(37)32-21-10-12-23-35(32)46(36)30-19-13-18-29(26-30)41-44-39(27-14-5-3-6-15-27)43-40(45-41)28-16-7-4-8-17-28;1-42(2)33-19-11-9-17-31(33)37-34(42)25-26-36-38(37)32-18-10-12-20-35(32)46(36)30-23-21-29(22-24-30)41-44-39(27-13-5-3-6-14-27)43-40(45-41)28-15-7-4-8-16-28/h3-30H,1-2H3;2*3-26H,1-2H3. The maximum Gasteiger partial charge on any atom is 0.164 e. The molecule has 0 N–H and O–H groups in total. The molecule has 6 aromatic heterocycles. The number of nitrogens with zero attached hydrogens (tertiary/aromatic N) is 12. The van der Waals surface area contributed by atoms with Crippen molar-refractivity contribution >= 4 is 65.4 Å². The van der Waals surface area contributed by atoms with Crippen molar-refractivity contribution in [2.75, 3.05) is 0 Å². The Bertz CT molecular complexity index is 9210. The molecule has 682 valence electrons. The van der Waals surface area contributed by atoms with E-state index in [1.807, 2.05) is 182 Å². The number of benzene rings is 19. The van der Waals surface area contributed by atoms with Crippen LogP contribution in [-0.4, -0.2) is 58.6 Å². The molecule has 3 aliphatic rings. The molecule has 0 amide bonds. The lowest BCUT2D eigenvalue weighted by molar-refractivity contribution is 0.660. The quantitative estimate of drug-likeness (QED) is 0.111. The Kier molecular flexibility index (Phi) is 20.7. The number of hydrogen-bond donors (Lipinski definition) is 0. The number of hydrogen-bond acceptors (Lipinski definition) is 9. The van der Waals surface area contributed by atoms with E-state index in [0.29, 0.717) is 52.4 Å². The first-order chi connectivity index (χ1) is 70.7. The highest BCUT2D eigenvalue weighted by Crippen LogP contribution is 2.58. The molecule has 19 aromatic carbocycles. The number of rotatable bonds is 13. The van der Waals surface area contributed by atoms with Crippen LogP contribution in [0.5, 0.6) is 0 Å².